The summed E-state index contributed by atoms with van der Waals surface area (Å²) in [7, 11) is 0. The summed E-state index contributed by atoms with van der Waals surface area (Å²) in [5.41, 5.74) is 3.44. The number of carbonyl (C=O) groups is 1. The minimum absolute atomic E-state index is 0.151. The zero-order valence-electron chi connectivity index (χ0n) is 18.4. The number of hydrogen-bond acceptors (Lipinski definition) is 5. The quantitative estimate of drug-likeness (QED) is 0.374. The Morgan fingerprint density at radius 1 is 1.00 bits per heavy atom. The largest absolute Gasteiger partial charge is 0.302 e. The first-order valence-corrected chi connectivity index (χ1v) is 12.4. The minimum Gasteiger partial charge on any atom is -0.302 e. The Labute approximate surface area is 188 Å². The molecule has 0 unspecified atom stereocenters. The molecule has 1 heterocycles. The van der Waals surface area contributed by atoms with Crippen molar-refractivity contribution in [2.45, 2.75) is 39.0 Å². The van der Waals surface area contributed by atoms with Crippen LogP contribution in [-0.4, -0.2) is 47.7 Å². The number of fused-ring (bicyclic) bond motifs is 1. The van der Waals surface area contributed by atoms with Gasteiger partial charge in [-0.3, -0.25) is 9.69 Å². The molecule has 1 amide bonds. The first kappa shape index (κ1) is 22.8. The molecule has 0 aliphatic carbocycles. The van der Waals surface area contributed by atoms with Crippen molar-refractivity contribution in [3.63, 3.8) is 0 Å². The molecule has 0 aliphatic rings. The summed E-state index contributed by atoms with van der Waals surface area (Å²) >= 11 is 3.35. The van der Waals surface area contributed by atoms with Gasteiger partial charge < -0.3 is 4.90 Å². The Kier molecular flexibility index (Phi) is 8.31. The average Bonchev–Trinajstić information content (AvgIpc) is 3.15. The van der Waals surface area contributed by atoms with Gasteiger partial charge in [0, 0.05) is 30.2 Å². The summed E-state index contributed by atoms with van der Waals surface area (Å²) in [6.07, 6.45) is 0.506. The van der Waals surface area contributed by atoms with E-state index in [0.29, 0.717) is 13.0 Å². The molecule has 30 heavy (non-hydrogen) atoms. The Balaban J connectivity index is 1.71. The molecule has 0 spiro atoms. The third kappa shape index (κ3) is 6.06. The van der Waals surface area contributed by atoms with Crippen LogP contribution in [0.4, 0.5) is 5.13 Å². The summed E-state index contributed by atoms with van der Waals surface area (Å²) in [5.74, 6) is 0.922. The van der Waals surface area contributed by atoms with Crippen molar-refractivity contribution >= 4 is 44.4 Å². The van der Waals surface area contributed by atoms with E-state index in [2.05, 4.69) is 69.0 Å². The summed E-state index contributed by atoms with van der Waals surface area (Å²) in [4.78, 5) is 23.4. The smallest absolute Gasteiger partial charge is 0.229 e. The van der Waals surface area contributed by atoms with Crippen molar-refractivity contribution in [2.75, 3.05) is 36.8 Å². The summed E-state index contributed by atoms with van der Waals surface area (Å²) in [5, 5.41) is 0.813. The van der Waals surface area contributed by atoms with Gasteiger partial charge in [0.05, 0.1) is 10.2 Å². The van der Waals surface area contributed by atoms with E-state index in [4.69, 9.17) is 4.98 Å². The molecular weight excluding hydrogens is 410 g/mol. The van der Waals surface area contributed by atoms with E-state index in [9.17, 15) is 4.79 Å². The third-order valence-electron chi connectivity index (χ3n) is 5.20. The molecule has 3 rings (SSSR count). The van der Waals surface area contributed by atoms with Gasteiger partial charge in [0.25, 0.3) is 0 Å². The van der Waals surface area contributed by atoms with Crippen LogP contribution in [0, 0.1) is 13.8 Å². The predicted octanol–water partition coefficient (Wildman–Crippen LogP) is 5.77. The van der Waals surface area contributed by atoms with E-state index < -0.39 is 0 Å². The topological polar surface area (TPSA) is 36.4 Å². The van der Waals surface area contributed by atoms with Crippen LogP contribution in [0.5, 0.6) is 0 Å². The highest BCUT2D eigenvalue weighted by Gasteiger charge is 2.20. The van der Waals surface area contributed by atoms with Gasteiger partial charge in [-0.05, 0) is 56.8 Å². The van der Waals surface area contributed by atoms with Gasteiger partial charge >= 0.3 is 0 Å². The van der Waals surface area contributed by atoms with Gasteiger partial charge in [-0.1, -0.05) is 48.9 Å². The zero-order chi connectivity index (χ0) is 21.5. The number of thioether (sulfide) groups is 1. The SMILES string of the molecule is CCN(CC)CCN(C(=O)CCSc1ccc(C)cc1)c1nc2ccc(C)cc2s1. The number of benzene rings is 2. The van der Waals surface area contributed by atoms with Crippen molar-refractivity contribution in [2.24, 2.45) is 0 Å². The molecule has 4 nitrogen and oxygen atoms in total. The minimum atomic E-state index is 0.151. The molecule has 0 aliphatic heterocycles. The van der Waals surface area contributed by atoms with Crippen molar-refractivity contribution in [3.05, 3.63) is 53.6 Å². The molecule has 2 aromatic carbocycles. The number of nitrogens with zero attached hydrogens (tertiary/aromatic N) is 3. The molecule has 0 N–H and O–H groups in total. The molecule has 0 saturated carbocycles. The number of rotatable bonds is 10. The zero-order valence-corrected chi connectivity index (χ0v) is 20.0. The fourth-order valence-electron chi connectivity index (χ4n) is 3.27. The summed E-state index contributed by atoms with van der Waals surface area (Å²) < 4.78 is 1.14. The molecular formula is C24H31N3OS2. The maximum absolute atomic E-state index is 13.2. The van der Waals surface area contributed by atoms with Crippen LogP contribution in [0.25, 0.3) is 10.2 Å². The Bertz CT molecular complexity index is 964. The van der Waals surface area contributed by atoms with Crippen molar-refractivity contribution in [3.8, 4) is 0 Å². The van der Waals surface area contributed by atoms with Crippen LogP contribution in [0.1, 0.15) is 31.4 Å². The lowest BCUT2D eigenvalue weighted by Gasteiger charge is -2.24. The highest BCUT2D eigenvalue weighted by atomic mass is 32.2. The molecule has 1 aromatic heterocycles. The van der Waals surface area contributed by atoms with Crippen LogP contribution in [0.2, 0.25) is 0 Å². The van der Waals surface area contributed by atoms with Crippen molar-refractivity contribution in [1.29, 1.82) is 0 Å². The van der Waals surface area contributed by atoms with E-state index in [0.717, 1.165) is 40.7 Å². The average molecular weight is 442 g/mol. The van der Waals surface area contributed by atoms with Gasteiger partial charge in [-0.2, -0.15) is 0 Å². The van der Waals surface area contributed by atoms with Crippen LogP contribution < -0.4 is 4.90 Å². The maximum Gasteiger partial charge on any atom is 0.229 e. The lowest BCUT2D eigenvalue weighted by molar-refractivity contribution is -0.118. The predicted molar refractivity (Wildman–Crippen MR) is 131 cm³/mol. The Hall–Kier alpha value is -1.89. The number of thiazole rings is 1. The second kappa shape index (κ2) is 10.9. The normalized spacial score (nSPS) is 11.4. The van der Waals surface area contributed by atoms with E-state index >= 15 is 0 Å². The first-order chi connectivity index (χ1) is 14.5. The summed E-state index contributed by atoms with van der Waals surface area (Å²) in [6.45, 7) is 12.0. The standard InChI is InChI=1S/C24H31N3OS2/c1-5-26(6-2)14-15-27(24-25-21-12-9-19(4)17-22(21)30-24)23(28)13-16-29-20-10-7-18(3)8-11-20/h7-12,17H,5-6,13-16H2,1-4H3. The van der Waals surface area contributed by atoms with E-state index in [1.807, 2.05) is 11.0 Å². The highest BCUT2D eigenvalue weighted by molar-refractivity contribution is 7.99. The molecule has 0 bridgehead atoms. The highest BCUT2D eigenvalue weighted by Crippen LogP contribution is 2.30. The van der Waals surface area contributed by atoms with Gasteiger partial charge in [0.2, 0.25) is 5.91 Å². The fourth-order valence-corrected chi connectivity index (χ4v) is 5.22. The van der Waals surface area contributed by atoms with Crippen molar-refractivity contribution in [1.82, 2.24) is 9.88 Å². The Morgan fingerprint density at radius 3 is 2.40 bits per heavy atom. The maximum atomic E-state index is 13.2. The first-order valence-electron chi connectivity index (χ1n) is 10.6. The van der Waals surface area contributed by atoms with Crippen molar-refractivity contribution < 1.29 is 4.79 Å². The van der Waals surface area contributed by atoms with Crippen LogP contribution in [0.15, 0.2) is 47.4 Å². The number of hydrogen-bond donors (Lipinski definition) is 0. The molecule has 6 heteroatoms. The number of aromatic nitrogens is 1. The van der Waals surface area contributed by atoms with Gasteiger partial charge in [0.15, 0.2) is 5.13 Å². The number of likely N-dealkylation sites (N-methyl/N-ethyl adjacent to an activating group) is 1. The second-order valence-corrected chi connectivity index (χ2v) is 9.63. The molecule has 0 fully saturated rings. The molecule has 0 radical (unpaired) electrons. The number of amides is 1. The number of anilines is 1. The van der Waals surface area contributed by atoms with Crippen LogP contribution >= 0.6 is 23.1 Å². The monoisotopic (exact) mass is 441 g/mol. The molecule has 0 saturated heterocycles. The second-order valence-electron chi connectivity index (χ2n) is 7.45. The van der Waals surface area contributed by atoms with Gasteiger partial charge in [-0.25, -0.2) is 4.98 Å². The molecule has 0 atom stereocenters. The molecule has 3 aromatic rings. The van der Waals surface area contributed by atoms with Crippen LogP contribution in [-0.2, 0) is 4.79 Å². The fraction of sp³-hybridized carbons (Fsp3) is 0.417. The third-order valence-corrected chi connectivity index (χ3v) is 7.26. The van der Waals surface area contributed by atoms with Gasteiger partial charge in [-0.15, -0.1) is 11.8 Å². The molecule has 160 valence electrons. The van der Waals surface area contributed by atoms with Gasteiger partial charge in [0.1, 0.15) is 0 Å². The lowest BCUT2D eigenvalue weighted by atomic mass is 10.2. The summed E-state index contributed by atoms with van der Waals surface area (Å²) in [6, 6.07) is 14.7. The van der Waals surface area contributed by atoms with E-state index in [1.54, 1.807) is 23.1 Å². The lowest BCUT2D eigenvalue weighted by Crippen LogP contribution is -2.39. The van der Waals surface area contributed by atoms with Crippen LogP contribution in [0.3, 0.4) is 0 Å². The number of carbonyl (C=O) groups excluding carboxylic acids is 1. The van der Waals surface area contributed by atoms with E-state index in [-0.39, 0.29) is 5.91 Å². The number of aryl methyl sites for hydroxylation is 2. The Morgan fingerprint density at radius 2 is 1.70 bits per heavy atom. The van der Waals surface area contributed by atoms with E-state index in [1.165, 1.54) is 16.0 Å².